The van der Waals surface area contributed by atoms with Crippen LogP contribution in [0.5, 0.6) is 0 Å². The molecule has 1 saturated heterocycles. The summed E-state index contributed by atoms with van der Waals surface area (Å²) in [5.41, 5.74) is 1.44. The first-order valence-corrected chi connectivity index (χ1v) is 9.36. The van der Waals surface area contributed by atoms with E-state index in [2.05, 4.69) is 11.9 Å². The maximum Gasteiger partial charge on any atom is 0.335 e. The molecule has 5 heteroatoms. The Labute approximate surface area is 149 Å². The molecule has 2 aliphatic rings. The average molecular weight is 344 g/mol. The standard InChI is InChI=1S/C20H28N2O3/c1-21(18-6-2-3-7-18)14-19(23)22-12-4-5-17(13-22)15-8-10-16(11-9-15)20(24)25/h8-11,17-18H,2-7,12-14H2,1H3,(H,24,25). The quantitative estimate of drug-likeness (QED) is 0.892. The predicted molar refractivity (Wildman–Crippen MR) is 96.8 cm³/mol. The first kappa shape index (κ1) is 17.9. The first-order chi connectivity index (χ1) is 12.0. The minimum absolute atomic E-state index is 0.223. The zero-order valence-electron chi connectivity index (χ0n) is 15.0. The summed E-state index contributed by atoms with van der Waals surface area (Å²) in [6.07, 6.45) is 7.03. The lowest BCUT2D eigenvalue weighted by Crippen LogP contribution is -2.45. The van der Waals surface area contributed by atoms with E-state index in [-0.39, 0.29) is 5.91 Å². The molecule has 0 bridgehead atoms. The molecular weight excluding hydrogens is 316 g/mol. The molecule has 25 heavy (non-hydrogen) atoms. The number of piperidine rings is 1. The van der Waals surface area contributed by atoms with Crippen LogP contribution in [0.15, 0.2) is 24.3 Å². The van der Waals surface area contributed by atoms with Gasteiger partial charge in [-0.3, -0.25) is 9.69 Å². The van der Waals surface area contributed by atoms with Crippen LogP contribution in [-0.2, 0) is 4.79 Å². The number of carbonyl (C=O) groups is 2. The predicted octanol–water partition coefficient (Wildman–Crippen LogP) is 2.97. The number of benzene rings is 1. The maximum atomic E-state index is 12.7. The Morgan fingerprint density at radius 3 is 2.44 bits per heavy atom. The van der Waals surface area contributed by atoms with E-state index in [1.54, 1.807) is 12.1 Å². The number of rotatable bonds is 5. The summed E-state index contributed by atoms with van der Waals surface area (Å²) in [6.45, 7) is 2.08. The van der Waals surface area contributed by atoms with E-state index < -0.39 is 5.97 Å². The van der Waals surface area contributed by atoms with Gasteiger partial charge in [-0.1, -0.05) is 25.0 Å². The molecule has 3 rings (SSSR count). The van der Waals surface area contributed by atoms with Gasteiger partial charge in [0.2, 0.25) is 5.91 Å². The van der Waals surface area contributed by atoms with Gasteiger partial charge in [0, 0.05) is 25.0 Å². The smallest absolute Gasteiger partial charge is 0.335 e. The van der Waals surface area contributed by atoms with Crippen molar-refractivity contribution in [3.8, 4) is 0 Å². The topological polar surface area (TPSA) is 60.9 Å². The Morgan fingerprint density at radius 1 is 1.12 bits per heavy atom. The van der Waals surface area contributed by atoms with Crippen LogP contribution in [0.25, 0.3) is 0 Å². The summed E-state index contributed by atoms with van der Waals surface area (Å²) < 4.78 is 0. The molecule has 1 aliphatic heterocycles. The van der Waals surface area contributed by atoms with E-state index in [1.807, 2.05) is 17.0 Å². The largest absolute Gasteiger partial charge is 0.478 e. The lowest BCUT2D eigenvalue weighted by Gasteiger charge is -2.35. The third kappa shape index (κ3) is 4.40. The Kier molecular flexibility index (Phi) is 5.74. The third-order valence-electron chi connectivity index (χ3n) is 5.74. The minimum atomic E-state index is -0.901. The summed E-state index contributed by atoms with van der Waals surface area (Å²) in [4.78, 5) is 27.9. The van der Waals surface area contributed by atoms with Crippen LogP contribution in [0.1, 0.15) is 60.4 Å². The summed E-state index contributed by atoms with van der Waals surface area (Å²) >= 11 is 0. The Balaban J connectivity index is 1.58. The molecule has 1 N–H and O–H groups in total. The van der Waals surface area contributed by atoms with Crippen molar-refractivity contribution in [1.29, 1.82) is 0 Å². The van der Waals surface area contributed by atoms with Crippen LogP contribution in [0.4, 0.5) is 0 Å². The number of carboxylic acid groups (broad SMARTS) is 1. The molecule has 1 saturated carbocycles. The highest BCUT2D eigenvalue weighted by Crippen LogP contribution is 2.28. The fourth-order valence-electron chi connectivity index (χ4n) is 4.16. The Hall–Kier alpha value is -1.88. The average Bonchev–Trinajstić information content (AvgIpc) is 3.16. The number of likely N-dealkylation sites (N-methyl/N-ethyl adjacent to an activating group) is 1. The van der Waals surface area contributed by atoms with E-state index in [0.29, 0.717) is 24.1 Å². The van der Waals surface area contributed by atoms with Gasteiger partial charge in [0.15, 0.2) is 0 Å². The highest BCUT2D eigenvalue weighted by molar-refractivity contribution is 5.87. The number of carboxylic acids is 1. The molecule has 5 nitrogen and oxygen atoms in total. The van der Waals surface area contributed by atoms with Crippen molar-refractivity contribution in [1.82, 2.24) is 9.80 Å². The van der Waals surface area contributed by atoms with Gasteiger partial charge in [-0.05, 0) is 50.4 Å². The van der Waals surface area contributed by atoms with Crippen LogP contribution in [0.2, 0.25) is 0 Å². The minimum Gasteiger partial charge on any atom is -0.478 e. The Bertz CT molecular complexity index is 608. The molecule has 0 spiro atoms. The second-order valence-electron chi connectivity index (χ2n) is 7.46. The first-order valence-electron chi connectivity index (χ1n) is 9.36. The zero-order valence-corrected chi connectivity index (χ0v) is 15.0. The molecule has 0 aromatic heterocycles. The van der Waals surface area contributed by atoms with Crippen molar-refractivity contribution in [2.75, 3.05) is 26.7 Å². The van der Waals surface area contributed by atoms with Crippen molar-refractivity contribution in [3.63, 3.8) is 0 Å². The third-order valence-corrected chi connectivity index (χ3v) is 5.74. The van der Waals surface area contributed by atoms with Gasteiger partial charge in [0.25, 0.3) is 0 Å². The summed E-state index contributed by atoms with van der Waals surface area (Å²) in [5, 5.41) is 9.02. The molecule has 1 aromatic carbocycles. The SMILES string of the molecule is CN(CC(=O)N1CCCC(c2ccc(C(=O)O)cc2)C1)C1CCCC1. The molecule has 1 aromatic rings. The van der Waals surface area contributed by atoms with Gasteiger partial charge in [-0.2, -0.15) is 0 Å². The number of nitrogens with zero attached hydrogens (tertiary/aromatic N) is 2. The Morgan fingerprint density at radius 2 is 1.80 bits per heavy atom. The van der Waals surface area contributed by atoms with E-state index in [1.165, 1.54) is 25.7 Å². The van der Waals surface area contributed by atoms with Gasteiger partial charge in [0.1, 0.15) is 0 Å². The van der Waals surface area contributed by atoms with Crippen LogP contribution in [0.3, 0.4) is 0 Å². The fraction of sp³-hybridized carbons (Fsp3) is 0.600. The van der Waals surface area contributed by atoms with Gasteiger partial charge in [-0.15, -0.1) is 0 Å². The molecule has 2 fully saturated rings. The van der Waals surface area contributed by atoms with E-state index in [9.17, 15) is 9.59 Å². The number of hydrogen-bond donors (Lipinski definition) is 1. The normalized spacial score (nSPS) is 21.7. The number of hydrogen-bond acceptors (Lipinski definition) is 3. The van der Waals surface area contributed by atoms with Crippen LogP contribution in [0, 0.1) is 0 Å². The van der Waals surface area contributed by atoms with E-state index >= 15 is 0 Å². The number of amides is 1. The molecule has 0 radical (unpaired) electrons. The number of aromatic carboxylic acids is 1. The van der Waals surface area contributed by atoms with E-state index in [0.717, 1.165) is 31.5 Å². The maximum absolute atomic E-state index is 12.7. The number of likely N-dealkylation sites (tertiary alicyclic amines) is 1. The fourth-order valence-corrected chi connectivity index (χ4v) is 4.16. The lowest BCUT2D eigenvalue weighted by atomic mass is 9.90. The van der Waals surface area contributed by atoms with Gasteiger partial charge < -0.3 is 10.0 Å². The van der Waals surface area contributed by atoms with Crippen molar-refractivity contribution >= 4 is 11.9 Å². The van der Waals surface area contributed by atoms with E-state index in [4.69, 9.17) is 5.11 Å². The summed E-state index contributed by atoms with van der Waals surface area (Å²) in [7, 11) is 2.07. The number of carbonyl (C=O) groups excluding carboxylic acids is 1. The molecule has 1 amide bonds. The monoisotopic (exact) mass is 344 g/mol. The molecule has 136 valence electrons. The second-order valence-corrected chi connectivity index (χ2v) is 7.46. The second kappa shape index (κ2) is 8.00. The van der Waals surface area contributed by atoms with Gasteiger partial charge in [0.05, 0.1) is 12.1 Å². The molecule has 1 atom stereocenters. The van der Waals surface area contributed by atoms with Crippen LogP contribution >= 0.6 is 0 Å². The molecule has 1 unspecified atom stereocenters. The van der Waals surface area contributed by atoms with Crippen molar-refractivity contribution in [3.05, 3.63) is 35.4 Å². The van der Waals surface area contributed by atoms with Crippen molar-refractivity contribution in [2.45, 2.75) is 50.5 Å². The van der Waals surface area contributed by atoms with Crippen molar-refractivity contribution in [2.24, 2.45) is 0 Å². The van der Waals surface area contributed by atoms with Gasteiger partial charge in [-0.25, -0.2) is 4.79 Å². The van der Waals surface area contributed by atoms with Crippen LogP contribution in [-0.4, -0.2) is 59.5 Å². The molecule has 1 aliphatic carbocycles. The van der Waals surface area contributed by atoms with Crippen LogP contribution < -0.4 is 0 Å². The zero-order chi connectivity index (χ0) is 17.8. The molecule has 1 heterocycles. The summed E-state index contributed by atoms with van der Waals surface area (Å²) in [5.74, 6) is -0.375. The highest BCUT2D eigenvalue weighted by atomic mass is 16.4. The lowest BCUT2D eigenvalue weighted by molar-refractivity contribution is -0.133. The van der Waals surface area contributed by atoms with Crippen molar-refractivity contribution < 1.29 is 14.7 Å². The summed E-state index contributed by atoms with van der Waals surface area (Å²) in [6, 6.07) is 7.67. The highest BCUT2D eigenvalue weighted by Gasteiger charge is 2.27. The van der Waals surface area contributed by atoms with Gasteiger partial charge >= 0.3 is 5.97 Å². The molecular formula is C20H28N2O3.